The van der Waals surface area contributed by atoms with Crippen molar-refractivity contribution in [1.82, 2.24) is 9.88 Å². The molecule has 1 aromatic heterocycles. The second kappa shape index (κ2) is 8.62. The van der Waals surface area contributed by atoms with Gasteiger partial charge in [-0.3, -0.25) is 4.79 Å². The maximum Gasteiger partial charge on any atom is 0.225 e. The van der Waals surface area contributed by atoms with E-state index >= 15 is 0 Å². The Balaban J connectivity index is 1.30. The van der Waals surface area contributed by atoms with Gasteiger partial charge < -0.3 is 14.5 Å². The first-order valence-electron chi connectivity index (χ1n) is 10.2. The molecular formula is C23H26N4O2. The van der Waals surface area contributed by atoms with E-state index in [0.29, 0.717) is 30.7 Å². The van der Waals surface area contributed by atoms with Crippen LogP contribution >= 0.6 is 0 Å². The molecule has 2 bridgehead atoms. The molecule has 2 aliphatic rings. The number of benzene rings is 1. The summed E-state index contributed by atoms with van der Waals surface area (Å²) in [5, 5.41) is 8.96. The van der Waals surface area contributed by atoms with E-state index in [9.17, 15) is 4.79 Å². The topological polar surface area (TPSA) is 69.5 Å². The summed E-state index contributed by atoms with van der Waals surface area (Å²) in [7, 11) is 0. The number of hydrogen-bond acceptors (Lipinski definition) is 5. The highest BCUT2D eigenvalue weighted by molar-refractivity contribution is 5.77. The van der Waals surface area contributed by atoms with E-state index in [1.165, 1.54) is 0 Å². The van der Waals surface area contributed by atoms with Gasteiger partial charge in [0.1, 0.15) is 11.9 Å². The molecule has 2 unspecified atom stereocenters. The SMILES string of the molecule is C[C@@H](OCCC(=O)N1CC2CCC(C1)N2c1ccc(C#N)cn1)c1ccccc1. The summed E-state index contributed by atoms with van der Waals surface area (Å²) >= 11 is 0. The molecule has 1 aromatic carbocycles. The Labute approximate surface area is 171 Å². The van der Waals surface area contributed by atoms with Crippen molar-refractivity contribution in [3.05, 3.63) is 59.8 Å². The van der Waals surface area contributed by atoms with E-state index in [4.69, 9.17) is 10.00 Å². The number of ether oxygens (including phenoxy) is 1. The van der Waals surface area contributed by atoms with Gasteiger partial charge in [0.2, 0.25) is 5.91 Å². The molecule has 3 heterocycles. The van der Waals surface area contributed by atoms with E-state index < -0.39 is 0 Å². The highest BCUT2D eigenvalue weighted by atomic mass is 16.5. The number of fused-ring (bicyclic) bond motifs is 2. The summed E-state index contributed by atoms with van der Waals surface area (Å²) in [5.41, 5.74) is 1.70. The standard InChI is InChI=1S/C23H26N4O2/c1-17(19-5-3-2-4-6-19)29-12-11-23(28)26-15-20-8-9-21(16-26)27(20)22-10-7-18(13-24)14-25-22/h2-7,10,14,17,20-21H,8-9,11-12,15-16H2,1H3/t17-,20?,21?/m1/s1. The minimum Gasteiger partial charge on any atom is -0.373 e. The van der Waals surface area contributed by atoms with Crippen LogP contribution in [0.2, 0.25) is 0 Å². The van der Waals surface area contributed by atoms with Gasteiger partial charge in [-0.2, -0.15) is 5.26 Å². The van der Waals surface area contributed by atoms with Gasteiger partial charge in [-0.05, 0) is 37.5 Å². The van der Waals surface area contributed by atoms with Crippen molar-refractivity contribution in [1.29, 1.82) is 5.26 Å². The minimum atomic E-state index is -0.0144. The summed E-state index contributed by atoms with van der Waals surface area (Å²) in [5.74, 6) is 1.07. The van der Waals surface area contributed by atoms with E-state index in [2.05, 4.69) is 16.0 Å². The first-order chi connectivity index (χ1) is 14.2. The molecular weight excluding hydrogens is 364 g/mol. The van der Waals surface area contributed by atoms with Gasteiger partial charge in [-0.1, -0.05) is 30.3 Å². The maximum atomic E-state index is 12.7. The molecule has 2 aromatic rings. The van der Waals surface area contributed by atoms with Gasteiger partial charge in [-0.15, -0.1) is 0 Å². The van der Waals surface area contributed by atoms with Crippen LogP contribution < -0.4 is 4.90 Å². The third kappa shape index (κ3) is 4.25. The number of hydrogen-bond donors (Lipinski definition) is 0. The fourth-order valence-corrected chi connectivity index (χ4v) is 4.39. The van der Waals surface area contributed by atoms with Crippen molar-refractivity contribution in [2.75, 3.05) is 24.6 Å². The molecule has 0 radical (unpaired) electrons. The predicted octanol–water partition coefficient (Wildman–Crippen LogP) is 3.30. The lowest BCUT2D eigenvalue weighted by Gasteiger charge is -2.41. The first-order valence-corrected chi connectivity index (χ1v) is 10.2. The van der Waals surface area contributed by atoms with Gasteiger partial charge >= 0.3 is 0 Å². The molecule has 0 saturated carbocycles. The summed E-state index contributed by atoms with van der Waals surface area (Å²) in [6.45, 7) is 3.90. The number of piperazine rings is 1. The van der Waals surface area contributed by atoms with Crippen LogP contribution in [0.5, 0.6) is 0 Å². The Hall–Kier alpha value is -2.91. The highest BCUT2D eigenvalue weighted by Gasteiger charge is 2.41. The predicted molar refractivity (Wildman–Crippen MR) is 110 cm³/mol. The normalized spacial score (nSPS) is 21.7. The highest BCUT2D eigenvalue weighted by Crippen LogP contribution is 2.34. The van der Waals surface area contributed by atoms with Gasteiger partial charge in [-0.25, -0.2) is 4.98 Å². The van der Waals surface area contributed by atoms with Crippen LogP contribution in [0.3, 0.4) is 0 Å². The van der Waals surface area contributed by atoms with Crippen molar-refractivity contribution in [2.45, 2.75) is 44.4 Å². The number of likely N-dealkylation sites (tertiary alicyclic amines) is 1. The number of rotatable bonds is 6. The number of amides is 1. The summed E-state index contributed by atoms with van der Waals surface area (Å²) in [6.07, 6.45) is 4.15. The molecule has 2 aliphatic heterocycles. The lowest BCUT2D eigenvalue weighted by molar-refractivity contribution is -0.133. The van der Waals surface area contributed by atoms with Gasteiger partial charge in [0.15, 0.2) is 0 Å². The molecule has 6 nitrogen and oxygen atoms in total. The van der Waals surface area contributed by atoms with Crippen LogP contribution in [-0.4, -0.2) is 47.6 Å². The fraction of sp³-hybridized carbons (Fsp3) is 0.435. The molecule has 0 spiro atoms. The molecule has 0 N–H and O–H groups in total. The molecule has 6 heteroatoms. The molecule has 4 rings (SSSR count). The molecule has 1 amide bonds. The average Bonchev–Trinajstić information content (AvgIpc) is 3.03. The van der Waals surface area contributed by atoms with Crippen LogP contribution in [0.25, 0.3) is 0 Å². The van der Waals surface area contributed by atoms with Gasteiger partial charge in [0, 0.05) is 31.4 Å². The van der Waals surface area contributed by atoms with Crippen LogP contribution in [0, 0.1) is 11.3 Å². The fourth-order valence-electron chi connectivity index (χ4n) is 4.39. The zero-order valence-electron chi connectivity index (χ0n) is 16.7. The van der Waals surface area contributed by atoms with Crippen molar-refractivity contribution < 1.29 is 9.53 Å². The van der Waals surface area contributed by atoms with Gasteiger partial charge in [0.25, 0.3) is 0 Å². The lowest BCUT2D eigenvalue weighted by Crippen LogP contribution is -2.55. The van der Waals surface area contributed by atoms with Crippen LogP contribution in [-0.2, 0) is 9.53 Å². The van der Waals surface area contributed by atoms with Crippen molar-refractivity contribution in [3.63, 3.8) is 0 Å². The number of carbonyl (C=O) groups excluding carboxylic acids is 1. The number of anilines is 1. The molecule has 2 saturated heterocycles. The zero-order chi connectivity index (χ0) is 20.2. The first kappa shape index (κ1) is 19.4. The largest absolute Gasteiger partial charge is 0.373 e. The maximum absolute atomic E-state index is 12.7. The smallest absolute Gasteiger partial charge is 0.225 e. The molecule has 29 heavy (non-hydrogen) atoms. The second-order valence-corrected chi connectivity index (χ2v) is 7.78. The molecule has 2 fully saturated rings. The number of pyridine rings is 1. The third-order valence-corrected chi connectivity index (χ3v) is 5.93. The summed E-state index contributed by atoms with van der Waals surface area (Å²) in [6, 6.07) is 16.5. The van der Waals surface area contributed by atoms with Crippen LogP contribution in [0.15, 0.2) is 48.7 Å². The number of aromatic nitrogens is 1. The second-order valence-electron chi connectivity index (χ2n) is 7.78. The molecule has 3 atom stereocenters. The number of carbonyl (C=O) groups is 1. The van der Waals surface area contributed by atoms with E-state index in [-0.39, 0.29) is 12.0 Å². The van der Waals surface area contributed by atoms with Gasteiger partial charge in [0.05, 0.1) is 24.7 Å². The van der Waals surface area contributed by atoms with Crippen LogP contribution in [0.4, 0.5) is 5.82 Å². The summed E-state index contributed by atoms with van der Waals surface area (Å²) in [4.78, 5) is 21.5. The van der Waals surface area contributed by atoms with Crippen molar-refractivity contribution in [2.24, 2.45) is 0 Å². The number of nitriles is 1. The Morgan fingerprint density at radius 1 is 1.21 bits per heavy atom. The number of nitrogens with zero attached hydrogens (tertiary/aromatic N) is 4. The Morgan fingerprint density at radius 2 is 1.93 bits per heavy atom. The summed E-state index contributed by atoms with van der Waals surface area (Å²) < 4.78 is 5.88. The Kier molecular flexibility index (Phi) is 5.77. The Bertz CT molecular complexity index is 864. The Morgan fingerprint density at radius 3 is 2.55 bits per heavy atom. The quantitative estimate of drug-likeness (QED) is 0.757. The monoisotopic (exact) mass is 390 g/mol. The van der Waals surface area contributed by atoms with Crippen molar-refractivity contribution >= 4 is 11.7 Å². The van der Waals surface area contributed by atoms with E-state index in [0.717, 1.165) is 37.3 Å². The van der Waals surface area contributed by atoms with Crippen molar-refractivity contribution in [3.8, 4) is 6.07 Å². The van der Waals surface area contributed by atoms with E-state index in [1.54, 1.807) is 6.20 Å². The molecule has 150 valence electrons. The molecule has 0 aliphatic carbocycles. The third-order valence-electron chi connectivity index (χ3n) is 5.93. The zero-order valence-corrected chi connectivity index (χ0v) is 16.7. The average molecular weight is 390 g/mol. The minimum absolute atomic E-state index is 0.0144. The van der Waals surface area contributed by atoms with Crippen LogP contribution in [0.1, 0.15) is 43.4 Å². The van der Waals surface area contributed by atoms with E-state index in [1.807, 2.05) is 54.3 Å². The lowest BCUT2D eigenvalue weighted by atomic mass is 10.1.